The Morgan fingerprint density at radius 2 is 2.19 bits per heavy atom. The Morgan fingerprint density at radius 3 is 2.81 bits per heavy atom. The minimum absolute atomic E-state index is 0.136. The molecule has 0 saturated carbocycles. The van der Waals surface area contributed by atoms with Crippen molar-refractivity contribution in [3.8, 4) is 0 Å². The van der Waals surface area contributed by atoms with Crippen molar-refractivity contribution in [2.45, 2.75) is 38.8 Å². The average Bonchev–Trinajstić information content (AvgIpc) is 2.35. The molecule has 1 aliphatic rings. The van der Waals surface area contributed by atoms with Gasteiger partial charge in [-0.2, -0.15) is 0 Å². The number of ether oxygens (including phenoxy) is 3. The predicted octanol–water partition coefficient (Wildman–Crippen LogP) is 1.20. The number of hydrogen-bond acceptors (Lipinski definition) is 4. The molecular weight excluding hydrogens is 206 g/mol. The maximum Gasteiger partial charge on any atom is 0.0984 e. The van der Waals surface area contributed by atoms with Crippen molar-refractivity contribution in [1.29, 1.82) is 0 Å². The van der Waals surface area contributed by atoms with E-state index in [0.717, 1.165) is 26.0 Å². The second kappa shape index (κ2) is 8.93. The Balaban J connectivity index is 2.28. The minimum Gasteiger partial charge on any atom is -0.380 e. The Bertz CT molecular complexity index is 160. The van der Waals surface area contributed by atoms with Crippen LogP contribution in [0.1, 0.15) is 26.7 Å². The van der Waals surface area contributed by atoms with Gasteiger partial charge in [0.05, 0.1) is 38.6 Å². The predicted molar refractivity (Wildman–Crippen MR) is 63.8 cm³/mol. The van der Waals surface area contributed by atoms with E-state index in [-0.39, 0.29) is 12.1 Å². The molecule has 0 spiro atoms. The lowest BCUT2D eigenvalue weighted by Gasteiger charge is -2.31. The third-order valence-corrected chi connectivity index (χ3v) is 2.59. The van der Waals surface area contributed by atoms with Crippen LogP contribution >= 0.6 is 0 Å². The van der Waals surface area contributed by atoms with Gasteiger partial charge in [-0.05, 0) is 19.4 Å². The fourth-order valence-electron chi connectivity index (χ4n) is 1.72. The van der Waals surface area contributed by atoms with Gasteiger partial charge in [0.15, 0.2) is 0 Å². The molecule has 1 N–H and O–H groups in total. The van der Waals surface area contributed by atoms with Crippen molar-refractivity contribution >= 4 is 0 Å². The normalized spacial score (nSPS) is 23.2. The Morgan fingerprint density at radius 1 is 1.31 bits per heavy atom. The van der Waals surface area contributed by atoms with Crippen LogP contribution in [-0.4, -0.2) is 51.7 Å². The average molecular weight is 231 g/mol. The highest BCUT2D eigenvalue weighted by atomic mass is 16.6. The summed E-state index contributed by atoms with van der Waals surface area (Å²) in [6, 6.07) is 0.256. The monoisotopic (exact) mass is 231 g/mol. The van der Waals surface area contributed by atoms with Crippen LogP contribution < -0.4 is 5.32 Å². The molecule has 1 heterocycles. The Kier molecular flexibility index (Phi) is 7.76. The van der Waals surface area contributed by atoms with Crippen molar-refractivity contribution in [3.63, 3.8) is 0 Å². The maximum absolute atomic E-state index is 5.70. The molecule has 1 rings (SSSR count). The summed E-state index contributed by atoms with van der Waals surface area (Å²) in [5.74, 6) is 0. The summed E-state index contributed by atoms with van der Waals surface area (Å²) < 4.78 is 16.7. The molecule has 0 radical (unpaired) electrons. The summed E-state index contributed by atoms with van der Waals surface area (Å²) in [5.41, 5.74) is 0. The number of hydrogen-bond donors (Lipinski definition) is 1. The first-order valence-corrected chi connectivity index (χ1v) is 6.39. The molecule has 16 heavy (non-hydrogen) atoms. The smallest absolute Gasteiger partial charge is 0.0984 e. The summed E-state index contributed by atoms with van der Waals surface area (Å²) in [6.45, 7) is 8.90. The van der Waals surface area contributed by atoms with Gasteiger partial charge < -0.3 is 19.5 Å². The van der Waals surface area contributed by atoms with E-state index in [2.05, 4.69) is 19.2 Å². The summed E-state index contributed by atoms with van der Waals surface area (Å²) in [7, 11) is 0. The van der Waals surface area contributed by atoms with Gasteiger partial charge in [-0.1, -0.05) is 13.8 Å². The quantitative estimate of drug-likeness (QED) is 0.637. The van der Waals surface area contributed by atoms with Gasteiger partial charge >= 0.3 is 0 Å². The van der Waals surface area contributed by atoms with E-state index in [0.29, 0.717) is 26.4 Å². The zero-order chi connectivity index (χ0) is 11.6. The molecule has 2 unspecified atom stereocenters. The van der Waals surface area contributed by atoms with Crippen LogP contribution in [0.2, 0.25) is 0 Å². The molecule has 4 nitrogen and oxygen atoms in total. The first kappa shape index (κ1) is 13.9. The third kappa shape index (κ3) is 5.25. The molecule has 0 aromatic carbocycles. The highest BCUT2D eigenvalue weighted by Gasteiger charge is 2.24. The molecule has 1 saturated heterocycles. The summed E-state index contributed by atoms with van der Waals surface area (Å²) >= 11 is 0. The van der Waals surface area contributed by atoms with Gasteiger partial charge in [0.25, 0.3) is 0 Å². The van der Waals surface area contributed by atoms with E-state index in [1.165, 1.54) is 0 Å². The molecule has 0 aromatic heterocycles. The fourth-order valence-corrected chi connectivity index (χ4v) is 1.72. The van der Waals surface area contributed by atoms with E-state index in [4.69, 9.17) is 14.2 Å². The van der Waals surface area contributed by atoms with Crippen molar-refractivity contribution in [2.24, 2.45) is 0 Å². The largest absolute Gasteiger partial charge is 0.380 e. The molecule has 1 aliphatic heterocycles. The Hall–Kier alpha value is -0.160. The molecule has 2 atom stereocenters. The van der Waals surface area contributed by atoms with Crippen molar-refractivity contribution in [1.82, 2.24) is 5.32 Å². The van der Waals surface area contributed by atoms with E-state index in [9.17, 15) is 0 Å². The van der Waals surface area contributed by atoms with E-state index < -0.39 is 0 Å². The first-order valence-electron chi connectivity index (χ1n) is 6.39. The first-order chi connectivity index (χ1) is 7.88. The molecular formula is C12H25NO3. The zero-order valence-electron chi connectivity index (χ0n) is 10.5. The van der Waals surface area contributed by atoms with Gasteiger partial charge in [0.2, 0.25) is 0 Å². The SMILES string of the molecule is CCCNC(COCCC)C1COCCO1. The highest BCUT2D eigenvalue weighted by Crippen LogP contribution is 2.07. The molecule has 1 fully saturated rings. The van der Waals surface area contributed by atoms with Gasteiger partial charge in [-0.15, -0.1) is 0 Å². The highest BCUT2D eigenvalue weighted by molar-refractivity contribution is 4.78. The third-order valence-electron chi connectivity index (χ3n) is 2.59. The lowest BCUT2D eigenvalue weighted by atomic mass is 10.1. The molecule has 0 aromatic rings. The van der Waals surface area contributed by atoms with Gasteiger partial charge in [-0.3, -0.25) is 0 Å². The number of rotatable bonds is 8. The van der Waals surface area contributed by atoms with Crippen LogP contribution in [0.15, 0.2) is 0 Å². The van der Waals surface area contributed by atoms with Crippen molar-refractivity contribution < 1.29 is 14.2 Å². The lowest BCUT2D eigenvalue weighted by molar-refractivity contribution is -0.110. The van der Waals surface area contributed by atoms with Gasteiger partial charge in [0.1, 0.15) is 0 Å². The number of nitrogens with one attached hydrogen (secondary N) is 1. The summed E-state index contributed by atoms with van der Waals surface area (Å²) in [5, 5.41) is 3.47. The lowest BCUT2D eigenvalue weighted by Crippen LogP contribution is -2.49. The van der Waals surface area contributed by atoms with Gasteiger partial charge in [-0.25, -0.2) is 0 Å². The van der Waals surface area contributed by atoms with E-state index >= 15 is 0 Å². The maximum atomic E-state index is 5.70. The van der Waals surface area contributed by atoms with Crippen molar-refractivity contribution in [3.05, 3.63) is 0 Å². The van der Waals surface area contributed by atoms with Crippen molar-refractivity contribution in [2.75, 3.05) is 39.6 Å². The van der Waals surface area contributed by atoms with Gasteiger partial charge in [0, 0.05) is 6.61 Å². The second-order valence-corrected chi connectivity index (χ2v) is 4.12. The van der Waals surface area contributed by atoms with Crippen LogP contribution in [0.5, 0.6) is 0 Å². The van der Waals surface area contributed by atoms with Crippen LogP contribution in [0.25, 0.3) is 0 Å². The standard InChI is InChI=1S/C12H25NO3/c1-3-5-13-11(9-14-6-4-2)12-10-15-7-8-16-12/h11-13H,3-10H2,1-2H3. The molecule has 96 valence electrons. The van der Waals surface area contributed by atoms with Crippen LogP contribution in [0, 0.1) is 0 Å². The summed E-state index contributed by atoms with van der Waals surface area (Å²) in [4.78, 5) is 0. The van der Waals surface area contributed by atoms with Crippen LogP contribution in [-0.2, 0) is 14.2 Å². The van der Waals surface area contributed by atoms with Crippen LogP contribution in [0.3, 0.4) is 0 Å². The molecule has 4 heteroatoms. The molecule has 0 bridgehead atoms. The van der Waals surface area contributed by atoms with E-state index in [1.807, 2.05) is 0 Å². The van der Waals surface area contributed by atoms with E-state index in [1.54, 1.807) is 0 Å². The zero-order valence-corrected chi connectivity index (χ0v) is 10.5. The second-order valence-electron chi connectivity index (χ2n) is 4.12. The fraction of sp³-hybridized carbons (Fsp3) is 1.00. The molecule has 0 aliphatic carbocycles. The molecule has 0 amide bonds. The minimum atomic E-state index is 0.136. The summed E-state index contributed by atoms with van der Waals surface area (Å²) in [6.07, 6.45) is 2.32. The Labute approximate surface area is 98.6 Å². The topological polar surface area (TPSA) is 39.7 Å². The van der Waals surface area contributed by atoms with Crippen LogP contribution in [0.4, 0.5) is 0 Å².